The van der Waals surface area contributed by atoms with E-state index >= 15 is 0 Å². The van der Waals surface area contributed by atoms with Crippen LogP contribution in [0.1, 0.15) is 5.82 Å². The van der Waals surface area contributed by atoms with Crippen LogP contribution >= 0.6 is 11.6 Å². The first kappa shape index (κ1) is 12.1. The van der Waals surface area contributed by atoms with Crippen molar-refractivity contribution in [2.24, 2.45) is 0 Å². The van der Waals surface area contributed by atoms with Gasteiger partial charge in [-0.15, -0.1) is 10.2 Å². The molecule has 0 N–H and O–H groups in total. The Bertz CT molecular complexity index is 505. The Labute approximate surface area is 100 Å². The summed E-state index contributed by atoms with van der Waals surface area (Å²) in [6.45, 7) is -0.413. The fourth-order valence-electron chi connectivity index (χ4n) is 1.35. The quantitative estimate of drug-likeness (QED) is 0.768. The van der Waals surface area contributed by atoms with Gasteiger partial charge in [-0.05, 0) is 0 Å². The fraction of sp³-hybridized carbons (Fsp3) is 0.444. The summed E-state index contributed by atoms with van der Waals surface area (Å²) in [5.74, 6) is 0.596. The van der Waals surface area contributed by atoms with E-state index in [9.17, 15) is 8.78 Å². The minimum atomic E-state index is -2.45. The van der Waals surface area contributed by atoms with Crippen LogP contribution in [0.2, 0.25) is 5.15 Å². The molecule has 92 valence electrons. The molecule has 2 rings (SSSR count). The van der Waals surface area contributed by atoms with Gasteiger partial charge < -0.3 is 4.74 Å². The lowest BCUT2D eigenvalue weighted by Gasteiger charge is -2.02. The summed E-state index contributed by atoms with van der Waals surface area (Å²) in [6, 6.07) is 0. The van der Waals surface area contributed by atoms with Gasteiger partial charge >= 0.3 is 0 Å². The summed E-state index contributed by atoms with van der Waals surface area (Å²) in [7, 11) is 0. The van der Waals surface area contributed by atoms with Gasteiger partial charge in [-0.25, -0.2) is 13.8 Å². The van der Waals surface area contributed by atoms with E-state index in [2.05, 4.69) is 15.2 Å². The van der Waals surface area contributed by atoms with Crippen molar-refractivity contribution < 1.29 is 13.5 Å². The highest BCUT2D eigenvalue weighted by Crippen LogP contribution is 2.12. The summed E-state index contributed by atoms with van der Waals surface area (Å²) in [6.07, 6.45) is 1.10. The monoisotopic (exact) mass is 262 g/mol. The van der Waals surface area contributed by atoms with E-state index < -0.39 is 13.0 Å². The minimum absolute atomic E-state index is 0.158. The summed E-state index contributed by atoms with van der Waals surface area (Å²) < 4.78 is 30.1. The lowest BCUT2D eigenvalue weighted by molar-refractivity contribution is 0.0182. The third-order valence-corrected chi connectivity index (χ3v) is 2.34. The Morgan fingerprint density at radius 2 is 2.24 bits per heavy atom. The Morgan fingerprint density at radius 1 is 1.41 bits per heavy atom. The van der Waals surface area contributed by atoms with Crippen molar-refractivity contribution in [3.63, 3.8) is 0 Å². The summed E-state index contributed by atoms with van der Waals surface area (Å²) in [4.78, 5) is 3.85. The highest BCUT2D eigenvalue weighted by molar-refractivity contribution is 6.32. The van der Waals surface area contributed by atoms with Crippen LogP contribution in [0.5, 0.6) is 0 Å². The van der Waals surface area contributed by atoms with Crippen molar-refractivity contribution in [1.82, 2.24) is 19.6 Å². The van der Waals surface area contributed by atoms with Gasteiger partial charge in [-0.2, -0.15) is 0 Å². The van der Waals surface area contributed by atoms with Crippen molar-refractivity contribution in [3.05, 3.63) is 23.4 Å². The van der Waals surface area contributed by atoms with Gasteiger partial charge in [0.15, 0.2) is 10.8 Å². The molecule has 0 aliphatic rings. The van der Waals surface area contributed by atoms with E-state index in [1.165, 1.54) is 6.20 Å². The number of hydrogen-bond acceptors (Lipinski definition) is 4. The van der Waals surface area contributed by atoms with Crippen LogP contribution in [-0.2, 0) is 11.2 Å². The maximum atomic E-state index is 11.8. The second-order valence-corrected chi connectivity index (χ2v) is 3.60. The maximum Gasteiger partial charge on any atom is 0.261 e. The van der Waals surface area contributed by atoms with Crippen LogP contribution in [-0.4, -0.2) is 39.2 Å². The van der Waals surface area contributed by atoms with Gasteiger partial charge in [0.2, 0.25) is 0 Å². The number of hydrogen-bond donors (Lipinski definition) is 0. The van der Waals surface area contributed by atoms with Crippen molar-refractivity contribution in [1.29, 1.82) is 0 Å². The van der Waals surface area contributed by atoms with Gasteiger partial charge in [0, 0.05) is 18.8 Å². The van der Waals surface area contributed by atoms with E-state index in [1.807, 2.05) is 0 Å². The number of nitrogens with zero attached hydrogens (tertiary/aromatic N) is 4. The molecule has 0 saturated heterocycles. The SMILES string of the molecule is FC(F)COCCc1nnc2c(Cl)nccn12. The Balaban J connectivity index is 2.02. The molecule has 0 bridgehead atoms. The molecule has 0 radical (unpaired) electrons. The molecular weight excluding hydrogens is 254 g/mol. The minimum Gasteiger partial charge on any atom is -0.375 e. The average Bonchev–Trinajstić information content (AvgIpc) is 2.69. The van der Waals surface area contributed by atoms with Crippen LogP contribution in [0.4, 0.5) is 8.78 Å². The maximum absolute atomic E-state index is 11.8. The molecule has 0 atom stereocenters. The first-order chi connectivity index (χ1) is 8.18. The molecule has 17 heavy (non-hydrogen) atoms. The number of alkyl halides is 2. The largest absolute Gasteiger partial charge is 0.375 e. The molecular formula is C9H9ClF2N4O. The van der Waals surface area contributed by atoms with Gasteiger partial charge in [0.25, 0.3) is 6.43 Å². The van der Waals surface area contributed by atoms with Crippen LogP contribution in [0.3, 0.4) is 0 Å². The molecule has 2 heterocycles. The molecule has 8 heteroatoms. The molecule has 0 amide bonds. The normalized spacial score (nSPS) is 11.5. The molecule has 0 aliphatic carbocycles. The van der Waals surface area contributed by atoms with E-state index in [0.717, 1.165) is 0 Å². The second-order valence-electron chi connectivity index (χ2n) is 3.24. The predicted octanol–water partition coefficient (Wildman–Crippen LogP) is 1.60. The third kappa shape index (κ3) is 2.86. The van der Waals surface area contributed by atoms with Crippen LogP contribution in [0, 0.1) is 0 Å². The average molecular weight is 263 g/mol. The van der Waals surface area contributed by atoms with E-state index in [-0.39, 0.29) is 11.8 Å². The molecule has 0 aliphatic heterocycles. The standard InChI is InChI=1S/C9H9ClF2N4O/c10-8-9-15-14-7(16(9)3-2-13-8)1-4-17-5-6(11)12/h2-3,6H,1,4-5H2. The summed E-state index contributed by atoms with van der Waals surface area (Å²) >= 11 is 5.81. The topological polar surface area (TPSA) is 52.3 Å². The van der Waals surface area contributed by atoms with Gasteiger partial charge in [0.05, 0.1) is 6.61 Å². The zero-order valence-corrected chi connectivity index (χ0v) is 9.44. The lowest BCUT2D eigenvalue weighted by Crippen LogP contribution is -2.08. The number of fused-ring (bicyclic) bond motifs is 1. The fourth-order valence-corrected chi connectivity index (χ4v) is 1.54. The molecule has 2 aromatic rings. The zero-order valence-electron chi connectivity index (χ0n) is 8.68. The molecule has 0 unspecified atom stereocenters. The second kappa shape index (κ2) is 5.33. The van der Waals surface area contributed by atoms with E-state index in [4.69, 9.17) is 16.3 Å². The van der Waals surface area contributed by atoms with E-state index in [0.29, 0.717) is 17.9 Å². The highest BCUT2D eigenvalue weighted by atomic mass is 35.5. The number of rotatable bonds is 5. The molecule has 5 nitrogen and oxygen atoms in total. The van der Waals surface area contributed by atoms with Crippen molar-refractivity contribution in [2.75, 3.05) is 13.2 Å². The van der Waals surface area contributed by atoms with Crippen LogP contribution in [0.15, 0.2) is 12.4 Å². The van der Waals surface area contributed by atoms with Crippen molar-refractivity contribution >= 4 is 17.2 Å². The van der Waals surface area contributed by atoms with Gasteiger partial charge in [-0.1, -0.05) is 11.6 Å². The third-order valence-electron chi connectivity index (χ3n) is 2.07. The Hall–Kier alpha value is -1.34. The smallest absolute Gasteiger partial charge is 0.261 e. The number of ether oxygens (including phenoxy) is 1. The summed E-state index contributed by atoms with van der Waals surface area (Å²) in [5, 5.41) is 7.99. The molecule has 0 aromatic carbocycles. The van der Waals surface area contributed by atoms with Gasteiger partial charge in [0.1, 0.15) is 12.4 Å². The van der Waals surface area contributed by atoms with Crippen molar-refractivity contribution in [3.8, 4) is 0 Å². The molecule has 0 spiro atoms. The van der Waals surface area contributed by atoms with Crippen molar-refractivity contribution in [2.45, 2.75) is 12.8 Å². The van der Waals surface area contributed by atoms with Crippen LogP contribution < -0.4 is 0 Å². The van der Waals surface area contributed by atoms with Crippen LogP contribution in [0.25, 0.3) is 5.65 Å². The zero-order chi connectivity index (χ0) is 12.3. The lowest BCUT2D eigenvalue weighted by atomic mass is 10.4. The summed E-state index contributed by atoms with van der Waals surface area (Å²) in [5.41, 5.74) is 0.443. The molecule has 0 saturated carbocycles. The first-order valence-electron chi connectivity index (χ1n) is 4.88. The first-order valence-corrected chi connectivity index (χ1v) is 5.26. The highest BCUT2D eigenvalue weighted by Gasteiger charge is 2.09. The number of halogens is 3. The van der Waals surface area contributed by atoms with Gasteiger partial charge in [-0.3, -0.25) is 4.40 Å². The molecule has 0 fully saturated rings. The Morgan fingerprint density at radius 3 is 3.00 bits per heavy atom. The predicted molar refractivity (Wildman–Crippen MR) is 56.3 cm³/mol. The Kier molecular flexibility index (Phi) is 3.80. The van der Waals surface area contributed by atoms with E-state index in [1.54, 1.807) is 10.6 Å². The number of aromatic nitrogens is 4. The molecule has 2 aromatic heterocycles.